The molecule has 1 aliphatic heterocycles. The standard InChI is InChI=1S/C9H15NO.C4H10/c1-7(2)9-5-4-6-10(9)8(3)11;1-4(2)3/h9H,1,4-6H2,2-3H3;4H,1-3H3. The Bertz CT molecular complexity index is 198. The van der Waals surface area contributed by atoms with Gasteiger partial charge in [0.25, 0.3) is 0 Å². The second-order valence-electron chi connectivity index (χ2n) is 4.95. The van der Waals surface area contributed by atoms with E-state index in [1.54, 1.807) is 6.92 Å². The number of hydrogen-bond acceptors (Lipinski definition) is 1. The molecule has 1 aliphatic rings. The second kappa shape index (κ2) is 6.65. The quantitative estimate of drug-likeness (QED) is 0.610. The van der Waals surface area contributed by atoms with E-state index in [0.29, 0.717) is 6.04 Å². The number of carbonyl (C=O) groups is 1. The maximum atomic E-state index is 11.0. The first kappa shape index (κ1) is 14.2. The monoisotopic (exact) mass is 211 g/mol. The zero-order valence-electron chi connectivity index (χ0n) is 10.8. The van der Waals surface area contributed by atoms with E-state index < -0.39 is 0 Å². The van der Waals surface area contributed by atoms with E-state index in [1.165, 1.54) is 0 Å². The molecule has 2 heteroatoms. The van der Waals surface area contributed by atoms with E-state index in [9.17, 15) is 4.79 Å². The SMILES string of the molecule is C=C(C)C1CCCN1C(C)=O.CC(C)C. The molecular formula is C13H25NO. The molecule has 1 heterocycles. The maximum Gasteiger partial charge on any atom is 0.219 e. The van der Waals surface area contributed by atoms with Crippen molar-refractivity contribution in [3.63, 3.8) is 0 Å². The molecule has 0 aromatic carbocycles. The van der Waals surface area contributed by atoms with Crippen molar-refractivity contribution in [2.45, 2.75) is 53.5 Å². The Labute approximate surface area is 94.4 Å². The average molecular weight is 211 g/mol. The van der Waals surface area contributed by atoms with Crippen LogP contribution in [0.4, 0.5) is 0 Å². The summed E-state index contributed by atoms with van der Waals surface area (Å²) in [4.78, 5) is 13.0. The van der Waals surface area contributed by atoms with Crippen LogP contribution in [0.5, 0.6) is 0 Å². The van der Waals surface area contributed by atoms with Crippen molar-refractivity contribution in [2.24, 2.45) is 5.92 Å². The molecule has 1 atom stereocenters. The topological polar surface area (TPSA) is 20.3 Å². The van der Waals surface area contributed by atoms with Crippen molar-refractivity contribution in [1.82, 2.24) is 4.90 Å². The van der Waals surface area contributed by atoms with Crippen molar-refractivity contribution < 1.29 is 4.79 Å². The van der Waals surface area contributed by atoms with Crippen LogP contribution in [0.25, 0.3) is 0 Å². The summed E-state index contributed by atoms with van der Waals surface area (Å²) in [7, 11) is 0. The van der Waals surface area contributed by atoms with Crippen LogP contribution in [0.2, 0.25) is 0 Å². The molecule has 0 spiro atoms. The molecular weight excluding hydrogens is 186 g/mol. The number of hydrogen-bond donors (Lipinski definition) is 0. The summed E-state index contributed by atoms with van der Waals surface area (Å²) >= 11 is 0. The molecule has 1 unspecified atom stereocenters. The highest BCUT2D eigenvalue weighted by atomic mass is 16.2. The van der Waals surface area contributed by atoms with Crippen LogP contribution in [0, 0.1) is 5.92 Å². The number of rotatable bonds is 1. The first-order valence-electron chi connectivity index (χ1n) is 5.78. The van der Waals surface area contributed by atoms with Gasteiger partial charge in [-0.15, -0.1) is 0 Å². The largest absolute Gasteiger partial charge is 0.336 e. The maximum absolute atomic E-state index is 11.0. The van der Waals surface area contributed by atoms with Crippen molar-refractivity contribution in [2.75, 3.05) is 6.54 Å². The van der Waals surface area contributed by atoms with Gasteiger partial charge in [0, 0.05) is 13.5 Å². The van der Waals surface area contributed by atoms with Gasteiger partial charge in [-0.1, -0.05) is 32.9 Å². The summed E-state index contributed by atoms with van der Waals surface area (Å²) in [5.74, 6) is 1.01. The Hall–Kier alpha value is -0.790. The highest BCUT2D eigenvalue weighted by molar-refractivity contribution is 5.74. The first-order chi connectivity index (χ1) is 6.86. The van der Waals surface area contributed by atoms with Gasteiger partial charge in [0.2, 0.25) is 5.91 Å². The zero-order chi connectivity index (χ0) is 12.0. The fourth-order valence-electron chi connectivity index (χ4n) is 1.66. The summed E-state index contributed by atoms with van der Waals surface area (Å²) in [5, 5.41) is 0. The number of nitrogens with zero attached hydrogens (tertiary/aromatic N) is 1. The third-order valence-electron chi connectivity index (χ3n) is 2.23. The van der Waals surface area contributed by atoms with Gasteiger partial charge in [0.05, 0.1) is 6.04 Å². The molecule has 1 rings (SSSR count). The Morgan fingerprint density at radius 2 is 1.80 bits per heavy atom. The Morgan fingerprint density at radius 3 is 2.07 bits per heavy atom. The predicted octanol–water partition coefficient (Wildman–Crippen LogP) is 3.24. The molecule has 88 valence electrons. The number of likely N-dealkylation sites (tertiary alicyclic amines) is 1. The highest BCUT2D eigenvalue weighted by Gasteiger charge is 2.26. The van der Waals surface area contributed by atoms with Gasteiger partial charge >= 0.3 is 0 Å². The zero-order valence-corrected chi connectivity index (χ0v) is 10.8. The van der Waals surface area contributed by atoms with E-state index in [1.807, 2.05) is 11.8 Å². The molecule has 2 nitrogen and oxygen atoms in total. The van der Waals surface area contributed by atoms with Gasteiger partial charge < -0.3 is 4.90 Å². The summed E-state index contributed by atoms with van der Waals surface area (Å²) in [6.45, 7) is 14.9. The fourth-order valence-corrected chi connectivity index (χ4v) is 1.66. The van der Waals surface area contributed by atoms with Gasteiger partial charge in [-0.2, -0.15) is 0 Å². The summed E-state index contributed by atoms with van der Waals surface area (Å²) in [5.41, 5.74) is 1.11. The number of carbonyl (C=O) groups excluding carboxylic acids is 1. The molecule has 1 amide bonds. The smallest absolute Gasteiger partial charge is 0.219 e. The molecule has 0 N–H and O–H groups in total. The molecule has 0 bridgehead atoms. The van der Waals surface area contributed by atoms with E-state index in [2.05, 4.69) is 27.4 Å². The van der Waals surface area contributed by atoms with Crippen LogP contribution < -0.4 is 0 Å². The third kappa shape index (κ3) is 5.60. The summed E-state index contributed by atoms with van der Waals surface area (Å²) < 4.78 is 0. The highest BCUT2D eigenvalue weighted by Crippen LogP contribution is 2.22. The molecule has 1 saturated heterocycles. The van der Waals surface area contributed by atoms with Crippen LogP contribution in [0.3, 0.4) is 0 Å². The van der Waals surface area contributed by atoms with E-state index in [-0.39, 0.29) is 5.91 Å². The van der Waals surface area contributed by atoms with E-state index in [4.69, 9.17) is 0 Å². The summed E-state index contributed by atoms with van der Waals surface area (Å²) in [6, 6.07) is 0.312. The molecule has 15 heavy (non-hydrogen) atoms. The van der Waals surface area contributed by atoms with Crippen molar-refractivity contribution in [3.8, 4) is 0 Å². The number of amides is 1. The van der Waals surface area contributed by atoms with Crippen molar-refractivity contribution in [3.05, 3.63) is 12.2 Å². The third-order valence-corrected chi connectivity index (χ3v) is 2.23. The molecule has 0 radical (unpaired) electrons. The van der Waals surface area contributed by atoms with Gasteiger partial charge in [-0.05, 0) is 25.7 Å². The fraction of sp³-hybridized carbons (Fsp3) is 0.769. The minimum atomic E-state index is 0.176. The van der Waals surface area contributed by atoms with Crippen LogP contribution in [0.15, 0.2) is 12.2 Å². The van der Waals surface area contributed by atoms with Crippen LogP contribution in [0.1, 0.15) is 47.5 Å². The van der Waals surface area contributed by atoms with Gasteiger partial charge in [0.1, 0.15) is 0 Å². The van der Waals surface area contributed by atoms with Crippen LogP contribution >= 0.6 is 0 Å². The lowest BCUT2D eigenvalue weighted by atomic mass is 10.1. The van der Waals surface area contributed by atoms with Crippen molar-refractivity contribution in [1.29, 1.82) is 0 Å². The van der Waals surface area contributed by atoms with Gasteiger partial charge in [0.15, 0.2) is 0 Å². The lowest BCUT2D eigenvalue weighted by molar-refractivity contribution is -0.129. The normalized spacial score (nSPS) is 19.9. The van der Waals surface area contributed by atoms with E-state index in [0.717, 1.165) is 30.9 Å². The van der Waals surface area contributed by atoms with Gasteiger partial charge in [-0.25, -0.2) is 0 Å². The van der Waals surface area contributed by atoms with Gasteiger partial charge in [-0.3, -0.25) is 4.79 Å². The summed E-state index contributed by atoms with van der Waals surface area (Å²) in [6.07, 6.45) is 2.21. The Kier molecular flexibility index (Phi) is 6.30. The lowest BCUT2D eigenvalue weighted by Crippen LogP contribution is -2.33. The molecule has 0 aromatic heterocycles. The molecule has 0 aliphatic carbocycles. The Balaban J connectivity index is 0.000000423. The minimum Gasteiger partial charge on any atom is -0.336 e. The second-order valence-corrected chi connectivity index (χ2v) is 4.95. The predicted molar refractivity (Wildman–Crippen MR) is 65.7 cm³/mol. The first-order valence-corrected chi connectivity index (χ1v) is 5.78. The molecule has 1 fully saturated rings. The Morgan fingerprint density at radius 1 is 1.33 bits per heavy atom. The van der Waals surface area contributed by atoms with Crippen LogP contribution in [-0.4, -0.2) is 23.4 Å². The van der Waals surface area contributed by atoms with E-state index >= 15 is 0 Å². The average Bonchev–Trinajstić information content (AvgIpc) is 2.49. The van der Waals surface area contributed by atoms with Crippen molar-refractivity contribution >= 4 is 5.91 Å². The lowest BCUT2D eigenvalue weighted by Gasteiger charge is -2.23. The molecule has 0 aromatic rings. The molecule has 0 saturated carbocycles. The minimum absolute atomic E-state index is 0.176. The van der Waals surface area contributed by atoms with Crippen LogP contribution in [-0.2, 0) is 4.79 Å².